The lowest BCUT2D eigenvalue weighted by Crippen LogP contribution is -2.41. The van der Waals surface area contributed by atoms with Crippen LogP contribution in [0.25, 0.3) is 0 Å². The first-order valence-electron chi connectivity index (χ1n) is 2.69. The van der Waals surface area contributed by atoms with E-state index in [2.05, 4.69) is 4.99 Å². The number of ether oxygens (including phenoxy) is 1. The molecule has 1 rings (SSSR count). The number of aliphatic imine (C=N–C) groups is 1. The Morgan fingerprint density at radius 2 is 2.60 bits per heavy atom. The SMILES string of the molecule is NNC(=O)C1C=NC=CO1. The summed E-state index contributed by atoms with van der Waals surface area (Å²) < 4.78 is 4.81. The summed E-state index contributed by atoms with van der Waals surface area (Å²) >= 11 is 0. The van der Waals surface area contributed by atoms with Crippen molar-refractivity contribution in [2.24, 2.45) is 10.8 Å². The van der Waals surface area contributed by atoms with Crippen LogP contribution in [0.4, 0.5) is 0 Å². The number of hydrogen-bond acceptors (Lipinski definition) is 4. The number of nitrogens with two attached hydrogens (primary N) is 1. The fraction of sp³-hybridized carbons (Fsp3) is 0.200. The lowest BCUT2D eigenvalue weighted by atomic mass is 10.3. The van der Waals surface area contributed by atoms with Gasteiger partial charge in [0.1, 0.15) is 6.26 Å². The Morgan fingerprint density at radius 1 is 1.80 bits per heavy atom. The van der Waals surface area contributed by atoms with Gasteiger partial charge in [0.05, 0.1) is 12.4 Å². The minimum Gasteiger partial charge on any atom is -0.481 e. The largest absolute Gasteiger partial charge is 0.481 e. The van der Waals surface area contributed by atoms with E-state index in [0.717, 1.165) is 0 Å². The number of hydrazine groups is 1. The summed E-state index contributed by atoms with van der Waals surface area (Å²) in [5.41, 5.74) is 1.95. The zero-order valence-corrected chi connectivity index (χ0v) is 5.15. The maximum absolute atomic E-state index is 10.7. The molecule has 0 aromatic carbocycles. The van der Waals surface area contributed by atoms with Gasteiger partial charge in [-0.2, -0.15) is 0 Å². The molecular formula is C5H7N3O2. The van der Waals surface area contributed by atoms with E-state index < -0.39 is 12.0 Å². The van der Waals surface area contributed by atoms with Gasteiger partial charge in [0.25, 0.3) is 5.91 Å². The molecule has 0 saturated carbocycles. The Labute approximate surface area is 57.5 Å². The normalized spacial score (nSPS) is 21.9. The third-order valence-corrected chi connectivity index (χ3v) is 0.994. The predicted octanol–water partition coefficient (Wildman–Crippen LogP) is -1.08. The zero-order valence-electron chi connectivity index (χ0n) is 5.15. The second-order valence-electron chi connectivity index (χ2n) is 1.65. The maximum atomic E-state index is 10.7. The number of nitrogens with zero attached hydrogens (tertiary/aromatic N) is 1. The van der Waals surface area contributed by atoms with Crippen LogP contribution in [-0.2, 0) is 9.53 Å². The molecule has 3 N–H and O–H groups in total. The molecule has 1 aliphatic rings. The smallest absolute Gasteiger partial charge is 0.280 e. The fourth-order valence-electron chi connectivity index (χ4n) is 0.530. The molecule has 5 heteroatoms. The molecule has 1 aliphatic heterocycles. The summed E-state index contributed by atoms with van der Waals surface area (Å²) in [7, 11) is 0. The number of hydrogen-bond donors (Lipinski definition) is 2. The average Bonchev–Trinajstić information content (AvgIpc) is 2.05. The van der Waals surface area contributed by atoms with Crippen LogP contribution in [0.3, 0.4) is 0 Å². The highest BCUT2D eigenvalue weighted by atomic mass is 16.5. The van der Waals surface area contributed by atoms with Gasteiger partial charge in [-0.1, -0.05) is 0 Å². The van der Waals surface area contributed by atoms with Crippen molar-refractivity contribution in [2.75, 3.05) is 0 Å². The molecule has 1 amide bonds. The Bertz CT molecular complexity index is 187. The van der Waals surface area contributed by atoms with Crippen LogP contribution in [0.15, 0.2) is 17.5 Å². The lowest BCUT2D eigenvalue weighted by molar-refractivity contribution is -0.126. The molecule has 0 fully saturated rings. The summed E-state index contributed by atoms with van der Waals surface area (Å²) in [6, 6.07) is 0. The molecule has 0 spiro atoms. The van der Waals surface area contributed by atoms with Gasteiger partial charge in [-0.15, -0.1) is 0 Å². The molecule has 0 bridgehead atoms. The molecule has 0 aromatic heterocycles. The third-order valence-electron chi connectivity index (χ3n) is 0.994. The van der Waals surface area contributed by atoms with Gasteiger partial charge < -0.3 is 4.74 Å². The maximum Gasteiger partial charge on any atom is 0.280 e. The first-order chi connectivity index (χ1) is 4.84. The van der Waals surface area contributed by atoms with Crippen molar-refractivity contribution >= 4 is 12.1 Å². The molecular weight excluding hydrogens is 134 g/mol. The second-order valence-corrected chi connectivity index (χ2v) is 1.65. The lowest BCUT2D eigenvalue weighted by Gasteiger charge is -2.10. The van der Waals surface area contributed by atoms with Crippen LogP contribution in [0.1, 0.15) is 0 Å². The van der Waals surface area contributed by atoms with Crippen LogP contribution >= 0.6 is 0 Å². The van der Waals surface area contributed by atoms with Gasteiger partial charge in [-0.3, -0.25) is 15.2 Å². The highest BCUT2D eigenvalue weighted by Crippen LogP contribution is 1.95. The number of amides is 1. The minimum absolute atomic E-state index is 0.409. The topological polar surface area (TPSA) is 76.7 Å². The number of carbonyl (C=O) groups excluding carboxylic acids is 1. The van der Waals surface area contributed by atoms with E-state index in [4.69, 9.17) is 10.6 Å². The molecule has 0 aliphatic carbocycles. The van der Waals surface area contributed by atoms with Crippen LogP contribution < -0.4 is 11.3 Å². The van der Waals surface area contributed by atoms with Crippen LogP contribution in [0, 0.1) is 0 Å². The molecule has 54 valence electrons. The van der Waals surface area contributed by atoms with Crippen molar-refractivity contribution < 1.29 is 9.53 Å². The van der Waals surface area contributed by atoms with Crippen LogP contribution in [0.2, 0.25) is 0 Å². The average molecular weight is 141 g/mol. The van der Waals surface area contributed by atoms with Crippen molar-refractivity contribution in [3.05, 3.63) is 12.5 Å². The van der Waals surface area contributed by atoms with Crippen molar-refractivity contribution in [3.8, 4) is 0 Å². The highest BCUT2D eigenvalue weighted by molar-refractivity contribution is 5.96. The van der Waals surface area contributed by atoms with Crippen molar-refractivity contribution in [3.63, 3.8) is 0 Å². The van der Waals surface area contributed by atoms with E-state index in [-0.39, 0.29) is 0 Å². The fourth-order valence-corrected chi connectivity index (χ4v) is 0.530. The Morgan fingerprint density at radius 3 is 3.10 bits per heavy atom. The standard InChI is InChI=1S/C5H7N3O2/c6-8-5(9)4-3-7-1-2-10-4/h1-4H,6H2,(H,8,9). The monoisotopic (exact) mass is 141 g/mol. The molecule has 0 saturated heterocycles. The molecule has 5 nitrogen and oxygen atoms in total. The second kappa shape index (κ2) is 2.98. The van der Waals surface area contributed by atoms with E-state index >= 15 is 0 Å². The summed E-state index contributed by atoms with van der Waals surface area (Å²) in [5, 5.41) is 0. The molecule has 1 atom stereocenters. The quantitative estimate of drug-likeness (QED) is 0.277. The minimum atomic E-state index is -0.685. The van der Waals surface area contributed by atoms with Gasteiger partial charge >= 0.3 is 0 Å². The summed E-state index contributed by atoms with van der Waals surface area (Å²) in [4.78, 5) is 14.4. The summed E-state index contributed by atoms with van der Waals surface area (Å²) in [6.45, 7) is 0. The van der Waals surface area contributed by atoms with Crippen molar-refractivity contribution in [1.82, 2.24) is 5.43 Å². The van der Waals surface area contributed by atoms with Crippen molar-refractivity contribution in [1.29, 1.82) is 0 Å². The molecule has 0 radical (unpaired) electrons. The summed E-state index contributed by atoms with van der Waals surface area (Å²) in [6.07, 6.45) is 3.46. The summed E-state index contributed by atoms with van der Waals surface area (Å²) in [5.74, 6) is 4.43. The van der Waals surface area contributed by atoms with Crippen LogP contribution in [-0.4, -0.2) is 18.2 Å². The highest BCUT2D eigenvalue weighted by Gasteiger charge is 2.15. The van der Waals surface area contributed by atoms with Crippen molar-refractivity contribution in [2.45, 2.75) is 6.10 Å². The Balaban J connectivity index is 2.51. The first-order valence-corrected chi connectivity index (χ1v) is 2.69. The molecule has 1 unspecified atom stereocenters. The number of rotatable bonds is 1. The molecule has 10 heavy (non-hydrogen) atoms. The van der Waals surface area contributed by atoms with E-state index in [1.807, 2.05) is 5.43 Å². The molecule has 1 heterocycles. The van der Waals surface area contributed by atoms with E-state index in [1.54, 1.807) is 0 Å². The number of carbonyl (C=O) groups is 1. The van der Waals surface area contributed by atoms with Gasteiger partial charge in [-0.25, -0.2) is 5.84 Å². The van der Waals surface area contributed by atoms with Crippen LogP contribution in [0.5, 0.6) is 0 Å². The first kappa shape index (κ1) is 6.76. The Hall–Kier alpha value is -1.36. The van der Waals surface area contributed by atoms with E-state index in [1.165, 1.54) is 18.7 Å². The number of nitrogens with one attached hydrogen (secondary N) is 1. The van der Waals surface area contributed by atoms with E-state index in [9.17, 15) is 4.79 Å². The van der Waals surface area contributed by atoms with Gasteiger partial charge in [0.2, 0.25) is 6.10 Å². The molecule has 0 aromatic rings. The third kappa shape index (κ3) is 1.32. The predicted molar refractivity (Wildman–Crippen MR) is 34.8 cm³/mol. The van der Waals surface area contributed by atoms with Gasteiger partial charge in [-0.05, 0) is 0 Å². The Kier molecular flexibility index (Phi) is 2.01. The van der Waals surface area contributed by atoms with Gasteiger partial charge in [0, 0.05) is 0 Å². The van der Waals surface area contributed by atoms with Gasteiger partial charge in [0.15, 0.2) is 0 Å². The van der Waals surface area contributed by atoms with E-state index in [0.29, 0.717) is 0 Å². The zero-order chi connectivity index (χ0) is 7.40.